The zero-order valence-corrected chi connectivity index (χ0v) is 8.71. The third-order valence-electron chi connectivity index (χ3n) is 2.99. The lowest BCUT2D eigenvalue weighted by Gasteiger charge is -2.28. The summed E-state index contributed by atoms with van der Waals surface area (Å²) in [5.74, 6) is -1.52. The molecule has 0 saturated heterocycles. The molecule has 2 nitrogen and oxygen atoms in total. The van der Waals surface area contributed by atoms with Crippen molar-refractivity contribution >= 4 is 0 Å². The van der Waals surface area contributed by atoms with Gasteiger partial charge in [-0.15, -0.1) is 0 Å². The van der Waals surface area contributed by atoms with Crippen LogP contribution in [0.4, 0.5) is 8.78 Å². The van der Waals surface area contributed by atoms with Crippen LogP contribution >= 0.6 is 0 Å². The average Bonchev–Trinajstić information content (AvgIpc) is 2.20. The van der Waals surface area contributed by atoms with Crippen molar-refractivity contribution in [3.05, 3.63) is 23.8 Å². The highest BCUT2D eigenvalue weighted by Crippen LogP contribution is 2.40. The van der Waals surface area contributed by atoms with Crippen LogP contribution < -0.4 is 0 Å². The second-order valence-electron chi connectivity index (χ2n) is 4.19. The molecule has 15 heavy (non-hydrogen) atoms. The summed E-state index contributed by atoms with van der Waals surface area (Å²) in [7, 11) is 0. The Morgan fingerprint density at radius 1 is 1.20 bits per heavy atom. The van der Waals surface area contributed by atoms with Crippen LogP contribution in [0.2, 0.25) is 0 Å². The quantitative estimate of drug-likeness (QED) is 0.715. The van der Waals surface area contributed by atoms with Crippen LogP contribution in [-0.2, 0) is 0 Å². The maximum atomic E-state index is 12.9. The van der Waals surface area contributed by atoms with Crippen LogP contribution in [0.3, 0.4) is 0 Å². The summed E-state index contributed by atoms with van der Waals surface area (Å²) in [6, 6.07) is 0. The number of hydrogen-bond donors (Lipinski definition) is 0. The minimum absolute atomic E-state index is 0.00839. The highest BCUT2D eigenvalue weighted by atomic mass is 19.3. The van der Waals surface area contributed by atoms with Crippen molar-refractivity contribution in [1.29, 1.82) is 0 Å². The lowest BCUT2D eigenvalue weighted by Crippen LogP contribution is -2.23. The van der Waals surface area contributed by atoms with E-state index in [1.165, 1.54) is 0 Å². The largest absolute Gasteiger partial charge is 0.248 e. The van der Waals surface area contributed by atoms with Gasteiger partial charge in [0.05, 0.1) is 0 Å². The van der Waals surface area contributed by atoms with Crippen molar-refractivity contribution in [2.45, 2.75) is 44.4 Å². The van der Waals surface area contributed by atoms with E-state index < -0.39 is 5.92 Å². The number of aromatic nitrogens is 2. The van der Waals surface area contributed by atoms with E-state index in [1.807, 2.05) is 6.92 Å². The summed E-state index contributed by atoms with van der Waals surface area (Å²) >= 11 is 0. The van der Waals surface area contributed by atoms with Gasteiger partial charge in [-0.2, -0.15) is 0 Å². The van der Waals surface area contributed by atoms with E-state index in [-0.39, 0.29) is 18.8 Å². The minimum Gasteiger partial charge on any atom is -0.241 e. The van der Waals surface area contributed by atoms with Crippen LogP contribution in [0.1, 0.15) is 43.0 Å². The predicted molar refractivity (Wildman–Crippen MR) is 52.9 cm³/mol. The number of hydrogen-bond acceptors (Lipinski definition) is 2. The Kier molecular flexibility index (Phi) is 2.67. The Morgan fingerprint density at radius 3 is 2.27 bits per heavy atom. The molecule has 1 aliphatic rings. The molecule has 4 heteroatoms. The molecule has 1 aromatic rings. The molecule has 1 aromatic heterocycles. The summed E-state index contributed by atoms with van der Waals surface area (Å²) in [6.07, 6.45) is 4.59. The number of alkyl halides is 2. The molecule has 1 aliphatic carbocycles. The van der Waals surface area contributed by atoms with Gasteiger partial charge in [0.25, 0.3) is 0 Å². The molecule has 0 aliphatic heterocycles. The van der Waals surface area contributed by atoms with Crippen molar-refractivity contribution in [2.75, 3.05) is 0 Å². The minimum atomic E-state index is -2.46. The van der Waals surface area contributed by atoms with Crippen LogP contribution in [-0.4, -0.2) is 15.9 Å². The Labute approximate surface area is 87.8 Å². The topological polar surface area (TPSA) is 25.8 Å². The third kappa shape index (κ3) is 2.49. The molecule has 0 bridgehead atoms. The van der Waals surface area contributed by atoms with Gasteiger partial charge in [-0.05, 0) is 31.2 Å². The number of halogens is 2. The molecule has 0 amide bonds. The molecule has 0 spiro atoms. The highest BCUT2D eigenvalue weighted by molar-refractivity contribution is 5.12. The standard InChI is InChI=1S/C11H14F2N2/c1-8-14-6-10(7-15-8)9-2-4-11(12,13)5-3-9/h6-7,9H,2-5H2,1H3. The van der Waals surface area contributed by atoms with Crippen LogP contribution in [0.5, 0.6) is 0 Å². The lowest BCUT2D eigenvalue weighted by molar-refractivity contribution is -0.0382. The summed E-state index contributed by atoms with van der Waals surface area (Å²) < 4.78 is 25.9. The van der Waals surface area contributed by atoms with Gasteiger partial charge in [-0.3, -0.25) is 0 Å². The Morgan fingerprint density at radius 2 is 1.73 bits per heavy atom. The van der Waals surface area contributed by atoms with Gasteiger partial charge in [-0.1, -0.05) is 0 Å². The summed E-state index contributed by atoms with van der Waals surface area (Å²) in [4.78, 5) is 8.18. The highest BCUT2D eigenvalue weighted by Gasteiger charge is 2.35. The van der Waals surface area contributed by atoms with Gasteiger partial charge in [0.1, 0.15) is 5.82 Å². The Balaban J connectivity index is 2.04. The number of aryl methyl sites for hydroxylation is 1. The summed E-state index contributed by atoms with van der Waals surface area (Å²) in [5, 5.41) is 0. The fraction of sp³-hybridized carbons (Fsp3) is 0.636. The van der Waals surface area contributed by atoms with Crippen LogP contribution in [0, 0.1) is 6.92 Å². The zero-order valence-electron chi connectivity index (χ0n) is 8.71. The van der Waals surface area contributed by atoms with Crippen molar-refractivity contribution in [2.24, 2.45) is 0 Å². The maximum absolute atomic E-state index is 12.9. The van der Waals surface area contributed by atoms with Gasteiger partial charge in [0.15, 0.2) is 0 Å². The fourth-order valence-electron chi connectivity index (χ4n) is 1.99. The third-order valence-corrected chi connectivity index (χ3v) is 2.99. The molecule has 0 aromatic carbocycles. The van der Waals surface area contributed by atoms with Gasteiger partial charge in [0, 0.05) is 25.2 Å². The lowest BCUT2D eigenvalue weighted by atomic mass is 9.83. The van der Waals surface area contributed by atoms with Crippen molar-refractivity contribution in [3.63, 3.8) is 0 Å². The molecular weight excluding hydrogens is 198 g/mol. The van der Waals surface area contributed by atoms with Gasteiger partial charge < -0.3 is 0 Å². The fourth-order valence-corrected chi connectivity index (χ4v) is 1.99. The molecule has 1 heterocycles. The first kappa shape index (κ1) is 10.5. The molecule has 1 saturated carbocycles. The zero-order chi connectivity index (χ0) is 10.9. The van der Waals surface area contributed by atoms with Gasteiger partial charge >= 0.3 is 0 Å². The van der Waals surface area contributed by atoms with E-state index >= 15 is 0 Å². The molecule has 1 fully saturated rings. The maximum Gasteiger partial charge on any atom is 0.248 e. The molecule has 0 N–H and O–H groups in total. The van der Waals surface area contributed by atoms with E-state index in [2.05, 4.69) is 9.97 Å². The van der Waals surface area contributed by atoms with Crippen molar-refractivity contribution < 1.29 is 8.78 Å². The van der Waals surface area contributed by atoms with E-state index in [4.69, 9.17) is 0 Å². The second kappa shape index (κ2) is 3.83. The first-order valence-electron chi connectivity index (χ1n) is 5.23. The molecule has 82 valence electrons. The Hall–Kier alpha value is -1.06. The van der Waals surface area contributed by atoms with Crippen LogP contribution in [0.25, 0.3) is 0 Å². The number of nitrogens with zero attached hydrogens (tertiary/aromatic N) is 2. The Bertz CT molecular complexity index is 325. The first-order chi connectivity index (χ1) is 7.07. The normalized spacial score (nSPS) is 21.5. The van der Waals surface area contributed by atoms with E-state index in [9.17, 15) is 8.78 Å². The molecular formula is C11H14F2N2. The predicted octanol–water partition coefficient (Wildman–Crippen LogP) is 3.08. The monoisotopic (exact) mass is 212 g/mol. The molecule has 0 atom stereocenters. The molecule has 2 rings (SSSR count). The molecule has 0 unspecified atom stereocenters. The van der Waals surface area contributed by atoms with Crippen LogP contribution in [0.15, 0.2) is 12.4 Å². The van der Waals surface area contributed by atoms with Gasteiger partial charge in [-0.25, -0.2) is 18.7 Å². The van der Waals surface area contributed by atoms with E-state index in [0.717, 1.165) is 11.4 Å². The van der Waals surface area contributed by atoms with E-state index in [0.29, 0.717) is 12.8 Å². The smallest absolute Gasteiger partial charge is 0.241 e. The van der Waals surface area contributed by atoms with Gasteiger partial charge in [0.2, 0.25) is 5.92 Å². The second-order valence-corrected chi connectivity index (χ2v) is 4.19. The SMILES string of the molecule is Cc1ncc(C2CCC(F)(F)CC2)cn1. The number of rotatable bonds is 1. The summed E-state index contributed by atoms with van der Waals surface area (Å²) in [6.45, 7) is 1.82. The van der Waals surface area contributed by atoms with Crippen molar-refractivity contribution in [3.8, 4) is 0 Å². The first-order valence-corrected chi connectivity index (χ1v) is 5.23. The molecule has 0 radical (unpaired) electrons. The van der Waals surface area contributed by atoms with E-state index in [1.54, 1.807) is 12.4 Å². The average molecular weight is 212 g/mol. The summed E-state index contributed by atoms with van der Waals surface area (Å²) in [5.41, 5.74) is 0.996. The van der Waals surface area contributed by atoms with Crippen molar-refractivity contribution in [1.82, 2.24) is 9.97 Å².